The minimum absolute atomic E-state index is 0.103. The van der Waals surface area contributed by atoms with Crippen LogP contribution in [0.3, 0.4) is 0 Å². The molecular formula is C24H22N4O5S. The molecule has 0 aliphatic carbocycles. The first-order chi connectivity index (χ1) is 16.5. The van der Waals surface area contributed by atoms with Crippen molar-refractivity contribution in [3.63, 3.8) is 0 Å². The molecule has 0 unspecified atom stereocenters. The monoisotopic (exact) mass is 478 g/mol. The Hall–Kier alpha value is -3.89. The summed E-state index contributed by atoms with van der Waals surface area (Å²) in [6, 6.07) is 19.1. The lowest BCUT2D eigenvalue weighted by Gasteiger charge is -2.11. The third-order valence-corrected chi connectivity index (χ3v) is 5.88. The van der Waals surface area contributed by atoms with Crippen molar-refractivity contribution in [1.82, 2.24) is 14.5 Å². The molecule has 2 heterocycles. The molecule has 4 rings (SSSR count). The van der Waals surface area contributed by atoms with Gasteiger partial charge in [0.05, 0.1) is 18.9 Å². The molecule has 2 aromatic heterocycles. The van der Waals surface area contributed by atoms with Crippen LogP contribution in [0.1, 0.15) is 10.4 Å². The van der Waals surface area contributed by atoms with Gasteiger partial charge in [0, 0.05) is 18.2 Å². The van der Waals surface area contributed by atoms with Gasteiger partial charge in [0.1, 0.15) is 17.1 Å². The summed E-state index contributed by atoms with van der Waals surface area (Å²) in [5, 5.41) is 0.272. The van der Waals surface area contributed by atoms with Gasteiger partial charge in [-0.2, -0.15) is 0 Å². The number of H-pyrrole nitrogens is 1. The van der Waals surface area contributed by atoms with Gasteiger partial charge in [0.2, 0.25) is 0 Å². The summed E-state index contributed by atoms with van der Waals surface area (Å²) in [6.45, 7) is 0.297. The number of nitrogens with two attached hydrogens (primary N) is 1. The largest absolute Gasteiger partial charge is 0.431 e. The Labute approximate surface area is 198 Å². The Kier molecular flexibility index (Phi) is 7.09. The molecule has 0 spiro atoms. The molecule has 9 nitrogen and oxygen atoms in total. The van der Waals surface area contributed by atoms with Crippen molar-refractivity contribution in [2.24, 2.45) is 0 Å². The average molecular weight is 479 g/mol. The SMILES string of the molecule is COCCn1c(N)c(C(=O)CSc2nc(-c3ccccc3)c(-c3ccccc3)o2)c(=O)[nH]c1=O. The van der Waals surface area contributed by atoms with E-state index in [0.717, 1.165) is 27.5 Å². The molecular weight excluding hydrogens is 456 g/mol. The van der Waals surface area contributed by atoms with Gasteiger partial charge in [-0.15, -0.1) is 0 Å². The van der Waals surface area contributed by atoms with Crippen molar-refractivity contribution in [2.45, 2.75) is 11.8 Å². The number of carbonyl (C=O) groups excluding carboxylic acids is 1. The number of aromatic nitrogens is 3. The number of rotatable bonds is 9. The molecule has 2 aromatic carbocycles. The number of benzene rings is 2. The second kappa shape index (κ2) is 10.4. The highest BCUT2D eigenvalue weighted by atomic mass is 32.2. The molecule has 4 aromatic rings. The summed E-state index contributed by atoms with van der Waals surface area (Å²) in [4.78, 5) is 44.0. The van der Waals surface area contributed by atoms with E-state index in [9.17, 15) is 14.4 Å². The van der Waals surface area contributed by atoms with Crippen molar-refractivity contribution < 1.29 is 13.9 Å². The first-order valence-electron chi connectivity index (χ1n) is 10.4. The van der Waals surface area contributed by atoms with Crippen LogP contribution < -0.4 is 17.0 Å². The van der Waals surface area contributed by atoms with Crippen LogP contribution in [-0.2, 0) is 11.3 Å². The average Bonchev–Trinajstić information content (AvgIpc) is 3.28. The number of aromatic amines is 1. The molecule has 34 heavy (non-hydrogen) atoms. The van der Waals surface area contributed by atoms with Crippen molar-refractivity contribution in [2.75, 3.05) is 25.2 Å². The smallest absolute Gasteiger partial charge is 0.330 e. The van der Waals surface area contributed by atoms with Crippen molar-refractivity contribution >= 4 is 23.4 Å². The van der Waals surface area contributed by atoms with Crippen molar-refractivity contribution in [3.05, 3.63) is 87.1 Å². The molecule has 0 aliphatic rings. The maximum absolute atomic E-state index is 12.9. The third-order valence-electron chi connectivity index (χ3n) is 5.05. The summed E-state index contributed by atoms with van der Waals surface area (Å²) >= 11 is 1.05. The van der Waals surface area contributed by atoms with E-state index in [1.54, 1.807) is 0 Å². The number of carbonyl (C=O) groups is 1. The number of methoxy groups -OCH3 is 1. The minimum Gasteiger partial charge on any atom is -0.431 e. The van der Waals surface area contributed by atoms with Gasteiger partial charge in [-0.25, -0.2) is 9.78 Å². The lowest BCUT2D eigenvalue weighted by atomic mass is 10.1. The summed E-state index contributed by atoms with van der Waals surface area (Å²) in [5.41, 5.74) is 6.55. The predicted octanol–water partition coefficient (Wildman–Crippen LogP) is 3.06. The first kappa shape index (κ1) is 23.3. The zero-order chi connectivity index (χ0) is 24.1. The van der Waals surface area contributed by atoms with E-state index in [0.29, 0.717) is 11.5 Å². The van der Waals surface area contributed by atoms with Gasteiger partial charge in [0.15, 0.2) is 11.5 Å². The number of ketones is 1. The molecule has 0 atom stereocenters. The molecule has 0 saturated carbocycles. The number of nitrogen functional groups attached to an aromatic ring is 1. The molecule has 0 radical (unpaired) electrons. The van der Waals surface area contributed by atoms with Crippen LogP contribution in [0.15, 0.2) is 79.9 Å². The summed E-state index contributed by atoms with van der Waals surface area (Å²) in [6.07, 6.45) is 0. The quantitative estimate of drug-likeness (QED) is 0.277. The zero-order valence-corrected chi connectivity index (χ0v) is 19.1. The summed E-state index contributed by atoms with van der Waals surface area (Å²) in [7, 11) is 1.47. The number of ether oxygens (including phenoxy) is 1. The summed E-state index contributed by atoms with van der Waals surface area (Å²) < 4.78 is 12.1. The van der Waals surface area contributed by atoms with E-state index in [1.165, 1.54) is 7.11 Å². The second-order valence-corrected chi connectivity index (χ2v) is 8.19. The topological polar surface area (TPSA) is 133 Å². The molecule has 0 bridgehead atoms. The fraction of sp³-hybridized carbons (Fsp3) is 0.167. The number of oxazole rings is 1. The van der Waals surface area contributed by atoms with Gasteiger partial charge in [0.25, 0.3) is 10.8 Å². The van der Waals surface area contributed by atoms with Crippen LogP contribution in [0.2, 0.25) is 0 Å². The summed E-state index contributed by atoms with van der Waals surface area (Å²) in [5.74, 6) is -0.319. The molecule has 0 saturated heterocycles. The lowest BCUT2D eigenvalue weighted by molar-refractivity contribution is 0.102. The standard InChI is InChI=1S/C24H22N4O5S/c1-32-13-12-28-21(25)18(22(30)27-23(28)31)17(29)14-34-24-26-19(15-8-4-2-5-9-15)20(33-24)16-10-6-3-7-11-16/h2-11H,12-14,25H2,1H3,(H,27,30,31). The van der Waals surface area contributed by atoms with Crippen LogP contribution in [0.4, 0.5) is 5.82 Å². The Bertz CT molecular complexity index is 1350. The fourth-order valence-corrected chi connectivity index (χ4v) is 4.10. The van der Waals surface area contributed by atoms with Crippen LogP contribution in [0.25, 0.3) is 22.6 Å². The number of hydrogen-bond donors (Lipinski definition) is 2. The number of nitrogens with zero attached hydrogens (tertiary/aromatic N) is 2. The lowest BCUT2D eigenvalue weighted by Crippen LogP contribution is -2.37. The number of Topliss-reactive ketones (excluding diaryl/α,β-unsaturated/α-hetero) is 1. The van der Waals surface area contributed by atoms with E-state index in [4.69, 9.17) is 14.9 Å². The van der Waals surface area contributed by atoms with E-state index in [2.05, 4.69) is 9.97 Å². The van der Waals surface area contributed by atoms with Crippen LogP contribution in [0, 0.1) is 0 Å². The molecule has 0 amide bonds. The second-order valence-electron chi connectivity index (χ2n) is 7.27. The van der Waals surface area contributed by atoms with Crippen molar-refractivity contribution in [1.29, 1.82) is 0 Å². The molecule has 10 heteroatoms. The number of thioether (sulfide) groups is 1. The minimum atomic E-state index is -0.830. The normalized spacial score (nSPS) is 11.0. The Morgan fingerprint density at radius 3 is 2.38 bits per heavy atom. The maximum atomic E-state index is 12.9. The number of nitrogens with one attached hydrogen (secondary N) is 1. The highest BCUT2D eigenvalue weighted by molar-refractivity contribution is 7.99. The van der Waals surface area contributed by atoms with Crippen molar-refractivity contribution in [3.8, 4) is 22.6 Å². The maximum Gasteiger partial charge on any atom is 0.330 e. The first-order valence-corrected chi connectivity index (χ1v) is 11.4. The molecule has 3 N–H and O–H groups in total. The third kappa shape index (κ3) is 4.87. The van der Waals surface area contributed by atoms with Gasteiger partial charge in [-0.1, -0.05) is 72.4 Å². The van der Waals surface area contributed by atoms with E-state index >= 15 is 0 Å². The van der Waals surface area contributed by atoms with E-state index in [-0.39, 0.29) is 35.5 Å². The Morgan fingerprint density at radius 1 is 1.09 bits per heavy atom. The Balaban J connectivity index is 1.62. The van der Waals surface area contributed by atoms with Gasteiger partial charge < -0.3 is 14.9 Å². The van der Waals surface area contributed by atoms with Gasteiger partial charge in [-0.3, -0.25) is 19.1 Å². The zero-order valence-electron chi connectivity index (χ0n) is 18.3. The number of hydrogen-bond acceptors (Lipinski definition) is 8. The Morgan fingerprint density at radius 2 is 1.74 bits per heavy atom. The van der Waals surface area contributed by atoms with E-state index in [1.807, 2.05) is 60.7 Å². The van der Waals surface area contributed by atoms with Crippen LogP contribution in [-0.4, -0.2) is 39.8 Å². The molecule has 0 aliphatic heterocycles. The van der Waals surface area contributed by atoms with Gasteiger partial charge >= 0.3 is 5.69 Å². The highest BCUT2D eigenvalue weighted by Crippen LogP contribution is 2.35. The van der Waals surface area contributed by atoms with E-state index < -0.39 is 17.0 Å². The van der Waals surface area contributed by atoms with Crippen LogP contribution >= 0.6 is 11.8 Å². The van der Waals surface area contributed by atoms with Crippen LogP contribution in [0.5, 0.6) is 0 Å². The molecule has 0 fully saturated rings. The number of anilines is 1. The predicted molar refractivity (Wildman–Crippen MR) is 130 cm³/mol. The van der Waals surface area contributed by atoms with Gasteiger partial charge in [-0.05, 0) is 0 Å². The molecule has 174 valence electrons. The highest BCUT2D eigenvalue weighted by Gasteiger charge is 2.22. The fourth-order valence-electron chi connectivity index (χ4n) is 3.40.